The molecule has 0 fully saturated rings. The molecule has 0 atom stereocenters. The zero-order chi connectivity index (χ0) is 14.9. The Kier molecular flexibility index (Phi) is 3.66. The highest BCUT2D eigenvalue weighted by Gasteiger charge is 2.30. The van der Waals surface area contributed by atoms with Gasteiger partial charge in [-0.3, -0.25) is 4.79 Å². The maximum atomic E-state index is 12.6. The molecule has 0 bridgehead atoms. The molecule has 0 saturated heterocycles. The Labute approximate surface area is 115 Å². The van der Waals surface area contributed by atoms with Crippen molar-refractivity contribution >= 4 is 5.78 Å². The summed E-state index contributed by atoms with van der Waals surface area (Å²) >= 11 is 0. The Morgan fingerprint density at radius 3 is 2.30 bits per heavy atom. The molecule has 0 aliphatic carbocycles. The molecule has 0 heterocycles. The van der Waals surface area contributed by atoms with E-state index in [1.165, 1.54) is 13.0 Å². The summed E-state index contributed by atoms with van der Waals surface area (Å²) in [6, 6.07) is 10.5. The van der Waals surface area contributed by atoms with Gasteiger partial charge in [-0.05, 0) is 48.7 Å². The van der Waals surface area contributed by atoms with E-state index in [4.69, 9.17) is 0 Å². The summed E-state index contributed by atoms with van der Waals surface area (Å²) in [7, 11) is 0. The third-order valence-electron chi connectivity index (χ3n) is 3.13. The average molecular weight is 278 g/mol. The van der Waals surface area contributed by atoms with Gasteiger partial charge in [0, 0.05) is 5.56 Å². The minimum atomic E-state index is -4.34. The number of benzene rings is 2. The molecule has 0 spiro atoms. The Bertz CT molecular complexity index is 657. The summed E-state index contributed by atoms with van der Waals surface area (Å²) in [5.41, 5.74) is 1.84. The highest BCUT2D eigenvalue weighted by molar-refractivity contribution is 5.95. The molecule has 0 aliphatic heterocycles. The monoisotopic (exact) mass is 278 g/mol. The summed E-state index contributed by atoms with van der Waals surface area (Å²) in [4.78, 5) is 11.4. The van der Waals surface area contributed by atoms with E-state index in [1.54, 1.807) is 31.2 Å². The number of hydrogen-bond donors (Lipinski definition) is 0. The maximum Gasteiger partial charge on any atom is 0.416 e. The number of rotatable bonds is 2. The lowest BCUT2D eigenvalue weighted by Gasteiger charge is -2.11. The smallest absolute Gasteiger partial charge is 0.295 e. The normalized spacial score (nSPS) is 11.4. The lowest BCUT2D eigenvalue weighted by Crippen LogP contribution is -2.05. The van der Waals surface area contributed by atoms with Crippen molar-refractivity contribution in [2.45, 2.75) is 20.0 Å². The van der Waals surface area contributed by atoms with E-state index in [9.17, 15) is 18.0 Å². The zero-order valence-corrected chi connectivity index (χ0v) is 11.1. The maximum absolute atomic E-state index is 12.6. The predicted molar refractivity (Wildman–Crippen MR) is 71.6 cm³/mol. The minimum absolute atomic E-state index is 0.0728. The molecular weight excluding hydrogens is 265 g/mol. The SMILES string of the molecule is CC(=O)c1cccc(-c2ccc(C(F)(F)F)cc2C)c1. The van der Waals surface area contributed by atoms with Crippen LogP contribution in [0.2, 0.25) is 0 Å². The van der Waals surface area contributed by atoms with E-state index < -0.39 is 11.7 Å². The molecule has 104 valence electrons. The van der Waals surface area contributed by atoms with Crippen LogP contribution in [0.15, 0.2) is 42.5 Å². The fraction of sp³-hybridized carbons (Fsp3) is 0.188. The second-order valence-corrected chi connectivity index (χ2v) is 4.66. The molecule has 0 radical (unpaired) electrons. The van der Waals surface area contributed by atoms with Gasteiger partial charge in [-0.2, -0.15) is 13.2 Å². The Morgan fingerprint density at radius 1 is 1.05 bits per heavy atom. The van der Waals surface area contributed by atoms with Crippen LogP contribution in [0.3, 0.4) is 0 Å². The van der Waals surface area contributed by atoms with E-state index >= 15 is 0 Å². The number of ketones is 1. The van der Waals surface area contributed by atoms with Gasteiger partial charge in [-0.15, -0.1) is 0 Å². The van der Waals surface area contributed by atoms with Crippen LogP contribution in [0, 0.1) is 6.92 Å². The van der Waals surface area contributed by atoms with Gasteiger partial charge < -0.3 is 0 Å². The summed E-state index contributed by atoms with van der Waals surface area (Å²) in [6.45, 7) is 3.09. The number of halogens is 3. The first-order valence-electron chi connectivity index (χ1n) is 6.08. The van der Waals surface area contributed by atoms with Crippen LogP contribution >= 0.6 is 0 Å². The van der Waals surface area contributed by atoms with Crippen molar-refractivity contribution in [1.29, 1.82) is 0 Å². The van der Waals surface area contributed by atoms with Crippen molar-refractivity contribution < 1.29 is 18.0 Å². The van der Waals surface area contributed by atoms with Gasteiger partial charge in [0.2, 0.25) is 0 Å². The standard InChI is InChI=1S/C16H13F3O/c1-10-8-14(16(17,18)19)6-7-15(10)13-5-3-4-12(9-13)11(2)20/h3-9H,1-2H3. The van der Waals surface area contributed by atoms with Crippen LogP contribution in [0.25, 0.3) is 11.1 Å². The Morgan fingerprint density at radius 2 is 1.75 bits per heavy atom. The topological polar surface area (TPSA) is 17.1 Å². The van der Waals surface area contributed by atoms with E-state index in [-0.39, 0.29) is 5.78 Å². The second kappa shape index (κ2) is 5.12. The molecule has 0 unspecified atom stereocenters. The molecule has 2 aromatic carbocycles. The number of aryl methyl sites for hydroxylation is 1. The van der Waals surface area contributed by atoms with Crippen LogP contribution < -0.4 is 0 Å². The van der Waals surface area contributed by atoms with Crippen molar-refractivity contribution in [2.75, 3.05) is 0 Å². The summed E-state index contributed by atoms with van der Waals surface area (Å²) < 4.78 is 37.9. The van der Waals surface area contributed by atoms with Gasteiger partial charge in [-0.1, -0.05) is 24.3 Å². The van der Waals surface area contributed by atoms with Crippen molar-refractivity contribution in [3.63, 3.8) is 0 Å². The average Bonchev–Trinajstić information content (AvgIpc) is 2.37. The molecule has 0 amide bonds. The number of Topliss-reactive ketones (excluding diaryl/α,β-unsaturated/α-hetero) is 1. The van der Waals surface area contributed by atoms with Crippen LogP contribution in [-0.4, -0.2) is 5.78 Å². The number of alkyl halides is 3. The molecule has 4 heteroatoms. The van der Waals surface area contributed by atoms with Crippen LogP contribution in [0.1, 0.15) is 28.4 Å². The molecule has 0 N–H and O–H groups in total. The van der Waals surface area contributed by atoms with E-state index in [0.717, 1.165) is 17.7 Å². The van der Waals surface area contributed by atoms with Gasteiger partial charge in [0.1, 0.15) is 0 Å². The van der Waals surface area contributed by atoms with Crippen LogP contribution in [-0.2, 0) is 6.18 Å². The van der Waals surface area contributed by atoms with Gasteiger partial charge in [0.05, 0.1) is 5.56 Å². The van der Waals surface area contributed by atoms with E-state index in [1.807, 2.05) is 0 Å². The van der Waals surface area contributed by atoms with E-state index in [2.05, 4.69) is 0 Å². The van der Waals surface area contributed by atoms with Crippen LogP contribution in [0.4, 0.5) is 13.2 Å². The summed E-state index contributed by atoms with van der Waals surface area (Å²) in [5.74, 6) is -0.0728. The zero-order valence-electron chi connectivity index (χ0n) is 11.1. The number of carbonyl (C=O) groups is 1. The highest BCUT2D eigenvalue weighted by Crippen LogP contribution is 2.33. The fourth-order valence-electron chi connectivity index (χ4n) is 2.07. The molecule has 1 nitrogen and oxygen atoms in total. The third kappa shape index (κ3) is 2.90. The first-order valence-corrected chi connectivity index (χ1v) is 6.08. The first kappa shape index (κ1) is 14.3. The van der Waals surface area contributed by atoms with Gasteiger partial charge in [0.25, 0.3) is 0 Å². The molecule has 2 aromatic rings. The molecule has 0 saturated carbocycles. The van der Waals surface area contributed by atoms with Crippen molar-refractivity contribution in [1.82, 2.24) is 0 Å². The Hall–Kier alpha value is -2.10. The van der Waals surface area contributed by atoms with Gasteiger partial charge in [0.15, 0.2) is 5.78 Å². The van der Waals surface area contributed by atoms with Crippen molar-refractivity contribution in [3.05, 3.63) is 59.2 Å². The molecule has 2 rings (SSSR count). The first-order chi connectivity index (χ1) is 9.29. The Balaban J connectivity index is 2.49. The summed E-state index contributed by atoms with van der Waals surface area (Å²) in [5, 5.41) is 0. The second-order valence-electron chi connectivity index (χ2n) is 4.66. The lowest BCUT2D eigenvalue weighted by atomic mass is 9.96. The molecule has 0 aromatic heterocycles. The highest BCUT2D eigenvalue weighted by atomic mass is 19.4. The molecule has 20 heavy (non-hydrogen) atoms. The minimum Gasteiger partial charge on any atom is -0.295 e. The molecule has 0 aliphatic rings. The largest absolute Gasteiger partial charge is 0.416 e. The van der Waals surface area contributed by atoms with Gasteiger partial charge in [-0.25, -0.2) is 0 Å². The third-order valence-corrected chi connectivity index (χ3v) is 3.13. The van der Waals surface area contributed by atoms with E-state index in [0.29, 0.717) is 16.7 Å². The van der Waals surface area contributed by atoms with Crippen molar-refractivity contribution in [3.8, 4) is 11.1 Å². The summed E-state index contributed by atoms with van der Waals surface area (Å²) in [6.07, 6.45) is -4.34. The van der Waals surface area contributed by atoms with Crippen molar-refractivity contribution in [2.24, 2.45) is 0 Å². The number of hydrogen-bond acceptors (Lipinski definition) is 1. The predicted octanol–water partition coefficient (Wildman–Crippen LogP) is 4.88. The van der Waals surface area contributed by atoms with Gasteiger partial charge >= 0.3 is 6.18 Å². The van der Waals surface area contributed by atoms with Crippen LogP contribution in [0.5, 0.6) is 0 Å². The lowest BCUT2D eigenvalue weighted by molar-refractivity contribution is -0.137. The quantitative estimate of drug-likeness (QED) is 0.715. The fourth-order valence-corrected chi connectivity index (χ4v) is 2.07. The molecular formula is C16H13F3O. The number of carbonyl (C=O) groups excluding carboxylic acids is 1.